The van der Waals surface area contributed by atoms with Gasteiger partial charge in [-0.05, 0) is 26.0 Å². The van der Waals surface area contributed by atoms with Crippen LogP contribution in [0.1, 0.15) is 19.5 Å². The Kier molecular flexibility index (Phi) is 2.45. The molecular weight excluding hydrogens is 221 g/mol. The van der Waals surface area contributed by atoms with E-state index in [1.54, 1.807) is 43.7 Å². The van der Waals surface area contributed by atoms with Crippen molar-refractivity contribution < 1.29 is 14.3 Å². The summed E-state index contributed by atoms with van der Waals surface area (Å²) in [5.74, 6) is -1.26. The molecule has 1 N–H and O–H groups in total. The number of para-hydroxylation sites is 1. The molecule has 0 unspecified atom stereocenters. The molecule has 2 aromatic rings. The number of carboxylic acid groups (broad SMARTS) is 1. The number of hydrogen-bond donors (Lipinski definition) is 1. The number of halogens is 1. The number of aryl methyl sites for hydroxylation is 1. The van der Waals surface area contributed by atoms with Crippen LogP contribution < -0.4 is 0 Å². The van der Waals surface area contributed by atoms with Gasteiger partial charge in [0.2, 0.25) is 0 Å². The smallest absolute Gasteiger partial charge is 0.315 e. The van der Waals surface area contributed by atoms with Gasteiger partial charge in [-0.15, -0.1) is 0 Å². The topological polar surface area (TPSA) is 42.2 Å². The summed E-state index contributed by atoms with van der Waals surface area (Å²) in [7, 11) is 1.69. The van der Waals surface area contributed by atoms with Gasteiger partial charge in [-0.1, -0.05) is 12.1 Å². The van der Waals surface area contributed by atoms with Gasteiger partial charge >= 0.3 is 5.97 Å². The average molecular weight is 235 g/mol. The number of benzene rings is 1. The normalized spacial score (nSPS) is 12.0. The number of fused-ring (bicyclic) bond motifs is 1. The van der Waals surface area contributed by atoms with E-state index >= 15 is 0 Å². The van der Waals surface area contributed by atoms with Crippen LogP contribution in [-0.2, 0) is 17.3 Å². The first-order valence-corrected chi connectivity index (χ1v) is 5.33. The first-order valence-electron chi connectivity index (χ1n) is 5.33. The number of aromatic nitrogens is 1. The molecule has 3 nitrogen and oxygen atoms in total. The van der Waals surface area contributed by atoms with E-state index in [1.165, 1.54) is 6.07 Å². The molecule has 0 amide bonds. The Balaban J connectivity index is 2.77. The van der Waals surface area contributed by atoms with Crippen LogP contribution in [0.25, 0.3) is 10.9 Å². The molecule has 0 radical (unpaired) electrons. The summed E-state index contributed by atoms with van der Waals surface area (Å²) >= 11 is 0. The van der Waals surface area contributed by atoms with Crippen LogP contribution in [0.15, 0.2) is 24.3 Å². The summed E-state index contributed by atoms with van der Waals surface area (Å²) in [5.41, 5.74) is -0.0119. The van der Waals surface area contributed by atoms with Gasteiger partial charge in [0.1, 0.15) is 11.2 Å². The molecule has 17 heavy (non-hydrogen) atoms. The fraction of sp³-hybridized carbons (Fsp3) is 0.308. The third-order valence-corrected chi connectivity index (χ3v) is 3.18. The molecule has 0 aliphatic carbocycles. The molecule has 0 atom stereocenters. The standard InChI is InChI=1S/C13H14FNO2/c1-13(2,12(16)17)10-7-8-5-4-6-9(14)11(8)15(10)3/h4-7H,1-3H3,(H,16,17). The highest BCUT2D eigenvalue weighted by atomic mass is 19.1. The zero-order chi connectivity index (χ0) is 12.8. The Hall–Kier alpha value is -1.84. The maximum absolute atomic E-state index is 13.7. The number of nitrogens with zero attached hydrogens (tertiary/aromatic N) is 1. The molecule has 0 spiro atoms. The molecule has 0 aliphatic rings. The van der Waals surface area contributed by atoms with Crippen molar-refractivity contribution in [2.45, 2.75) is 19.3 Å². The number of carbonyl (C=O) groups is 1. The van der Waals surface area contributed by atoms with Crippen molar-refractivity contribution in [1.82, 2.24) is 4.57 Å². The molecule has 4 heteroatoms. The maximum Gasteiger partial charge on any atom is 0.315 e. The van der Waals surface area contributed by atoms with Crippen LogP contribution >= 0.6 is 0 Å². The molecule has 2 rings (SSSR count). The van der Waals surface area contributed by atoms with Crippen molar-refractivity contribution in [3.63, 3.8) is 0 Å². The Morgan fingerprint density at radius 1 is 1.41 bits per heavy atom. The minimum Gasteiger partial charge on any atom is -0.481 e. The summed E-state index contributed by atoms with van der Waals surface area (Å²) in [4.78, 5) is 11.2. The third-order valence-electron chi connectivity index (χ3n) is 3.18. The molecule has 0 saturated carbocycles. The van der Waals surface area contributed by atoms with Crippen molar-refractivity contribution in [2.75, 3.05) is 0 Å². The quantitative estimate of drug-likeness (QED) is 0.869. The van der Waals surface area contributed by atoms with Crippen LogP contribution in [0.4, 0.5) is 4.39 Å². The average Bonchev–Trinajstić information content (AvgIpc) is 2.57. The number of aliphatic carboxylic acids is 1. The SMILES string of the molecule is Cn1c(C(C)(C)C(=O)O)cc2cccc(F)c21. The van der Waals surface area contributed by atoms with Crippen LogP contribution in [0, 0.1) is 5.82 Å². The van der Waals surface area contributed by atoms with Crippen molar-refractivity contribution in [3.05, 3.63) is 35.8 Å². The van der Waals surface area contributed by atoms with E-state index in [0.717, 1.165) is 5.39 Å². The highest BCUT2D eigenvalue weighted by Crippen LogP contribution is 2.30. The number of hydrogen-bond acceptors (Lipinski definition) is 1. The Morgan fingerprint density at radius 2 is 2.06 bits per heavy atom. The molecule has 0 bridgehead atoms. The Morgan fingerprint density at radius 3 is 2.59 bits per heavy atom. The minimum absolute atomic E-state index is 0.336. The van der Waals surface area contributed by atoms with E-state index < -0.39 is 11.4 Å². The van der Waals surface area contributed by atoms with Gasteiger partial charge in [-0.25, -0.2) is 4.39 Å². The third kappa shape index (κ3) is 1.60. The predicted octanol–water partition coefficient (Wildman–Crippen LogP) is 2.68. The monoisotopic (exact) mass is 235 g/mol. The van der Waals surface area contributed by atoms with Gasteiger partial charge in [-0.2, -0.15) is 0 Å². The lowest BCUT2D eigenvalue weighted by molar-refractivity contribution is -0.142. The van der Waals surface area contributed by atoms with E-state index in [-0.39, 0.29) is 5.82 Å². The fourth-order valence-electron chi connectivity index (χ4n) is 2.08. The predicted molar refractivity (Wildman–Crippen MR) is 63.5 cm³/mol. The summed E-state index contributed by atoms with van der Waals surface area (Å²) < 4.78 is 15.3. The Labute approximate surface area is 98.5 Å². The van der Waals surface area contributed by atoms with Crippen LogP contribution in [-0.4, -0.2) is 15.6 Å². The van der Waals surface area contributed by atoms with Crippen molar-refractivity contribution >= 4 is 16.9 Å². The van der Waals surface area contributed by atoms with Gasteiger partial charge in [0.15, 0.2) is 0 Å². The molecule has 0 fully saturated rings. The van der Waals surface area contributed by atoms with E-state index in [9.17, 15) is 14.3 Å². The molecule has 0 saturated heterocycles. The number of rotatable bonds is 2. The molecule has 1 aromatic heterocycles. The molecule has 1 aromatic carbocycles. The largest absolute Gasteiger partial charge is 0.481 e. The zero-order valence-electron chi connectivity index (χ0n) is 9.99. The summed E-state index contributed by atoms with van der Waals surface area (Å²) in [6.45, 7) is 3.23. The van der Waals surface area contributed by atoms with Crippen LogP contribution in [0.3, 0.4) is 0 Å². The Bertz CT molecular complexity index is 599. The fourth-order valence-corrected chi connectivity index (χ4v) is 2.08. The maximum atomic E-state index is 13.7. The number of carboxylic acids is 1. The van der Waals surface area contributed by atoms with E-state index in [1.807, 2.05) is 0 Å². The summed E-state index contributed by atoms with van der Waals surface area (Å²) in [6, 6.07) is 6.50. The van der Waals surface area contributed by atoms with E-state index in [2.05, 4.69) is 0 Å². The van der Waals surface area contributed by atoms with Gasteiger partial charge in [-0.3, -0.25) is 4.79 Å². The lowest BCUT2D eigenvalue weighted by Crippen LogP contribution is -2.30. The lowest BCUT2D eigenvalue weighted by atomic mass is 9.89. The molecule has 1 heterocycles. The highest BCUT2D eigenvalue weighted by Gasteiger charge is 2.33. The van der Waals surface area contributed by atoms with Gasteiger partial charge in [0.05, 0.1) is 5.52 Å². The molecular formula is C13H14FNO2. The van der Waals surface area contributed by atoms with Crippen molar-refractivity contribution in [2.24, 2.45) is 7.05 Å². The van der Waals surface area contributed by atoms with E-state index in [4.69, 9.17) is 0 Å². The van der Waals surface area contributed by atoms with Crippen LogP contribution in [0.5, 0.6) is 0 Å². The first-order chi connectivity index (χ1) is 7.85. The second-order valence-corrected chi connectivity index (χ2v) is 4.70. The molecule has 90 valence electrons. The summed E-state index contributed by atoms with van der Waals surface area (Å²) in [5, 5.41) is 9.93. The van der Waals surface area contributed by atoms with Gasteiger partial charge in [0, 0.05) is 18.1 Å². The highest BCUT2D eigenvalue weighted by molar-refractivity contribution is 5.86. The van der Waals surface area contributed by atoms with Gasteiger partial charge < -0.3 is 9.67 Å². The van der Waals surface area contributed by atoms with Crippen LogP contribution in [0.2, 0.25) is 0 Å². The lowest BCUT2D eigenvalue weighted by Gasteiger charge is -2.20. The first kappa shape index (κ1) is 11.6. The second-order valence-electron chi connectivity index (χ2n) is 4.70. The van der Waals surface area contributed by atoms with Crippen molar-refractivity contribution in [3.8, 4) is 0 Å². The minimum atomic E-state index is -1.04. The van der Waals surface area contributed by atoms with E-state index in [0.29, 0.717) is 11.2 Å². The van der Waals surface area contributed by atoms with Crippen molar-refractivity contribution in [1.29, 1.82) is 0 Å². The summed E-state index contributed by atoms with van der Waals surface area (Å²) in [6.07, 6.45) is 0. The second kappa shape index (κ2) is 3.58. The molecule has 0 aliphatic heterocycles. The van der Waals surface area contributed by atoms with Gasteiger partial charge in [0.25, 0.3) is 0 Å². The zero-order valence-corrected chi connectivity index (χ0v) is 9.99.